The van der Waals surface area contributed by atoms with Gasteiger partial charge in [0.1, 0.15) is 5.75 Å². The summed E-state index contributed by atoms with van der Waals surface area (Å²) in [5.41, 5.74) is 2.04. The Hall–Kier alpha value is -3.39. The summed E-state index contributed by atoms with van der Waals surface area (Å²) in [5.74, 6) is 0.424. The third-order valence-corrected chi connectivity index (χ3v) is 5.31. The van der Waals surface area contributed by atoms with Gasteiger partial charge in [0.2, 0.25) is 11.8 Å². The van der Waals surface area contributed by atoms with Crippen LogP contribution in [0.1, 0.15) is 29.3 Å². The first-order chi connectivity index (χ1) is 15.5. The van der Waals surface area contributed by atoms with Crippen LogP contribution in [0.3, 0.4) is 0 Å². The van der Waals surface area contributed by atoms with Gasteiger partial charge in [0, 0.05) is 63.9 Å². The van der Waals surface area contributed by atoms with Crippen molar-refractivity contribution < 1.29 is 19.1 Å². The first-order valence-electron chi connectivity index (χ1n) is 10.7. The minimum atomic E-state index is -0.171. The van der Waals surface area contributed by atoms with Gasteiger partial charge >= 0.3 is 0 Å². The van der Waals surface area contributed by atoms with E-state index in [1.165, 1.54) is 6.92 Å². The van der Waals surface area contributed by atoms with Crippen molar-refractivity contribution in [2.45, 2.75) is 19.9 Å². The highest BCUT2D eigenvalue weighted by Gasteiger charge is 2.21. The second-order valence-electron chi connectivity index (χ2n) is 7.72. The van der Waals surface area contributed by atoms with Crippen LogP contribution < -0.4 is 15.4 Å². The number of carbonyl (C=O) groups is 3. The van der Waals surface area contributed by atoms with Gasteiger partial charge in [0.25, 0.3) is 5.91 Å². The van der Waals surface area contributed by atoms with Crippen molar-refractivity contribution >= 4 is 23.4 Å². The van der Waals surface area contributed by atoms with Crippen LogP contribution in [0.4, 0.5) is 5.69 Å². The zero-order chi connectivity index (χ0) is 22.9. The number of ether oxygens (including phenoxy) is 1. The van der Waals surface area contributed by atoms with Crippen LogP contribution >= 0.6 is 0 Å². The Kier molecular flexibility index (Phi) is 8.21. The molecule has 0 atom stereocenters. The Morgan fingerprint density at radius 1 is 1.09 bits per heavy atom. The molecule has 32 heavy (non-hydrogen) atoms. The van der Waals surface area contributed by atoms with Crippen molar-refractivity contribution in [3.63, 3.8) is 0 Å². The normalized spacial score (nSPS) is 13.4. The van der Waals surface area contributed by atoms with Gasteiger partial charge in [-0.15, -0.1) is 0 Å². The molecular weight excluding hydrogens is 408 g/mol. The fourth-order valence-corrected chi connectivity index (χ4v) is 3.63. The molecule has 1 fully saturated rings. The summed E-state index contributed by atoms with van der Waals surface area (Å²) in [6.07, 6.45) is 0.264. The van der Waals surface area contributed by atoms with E-state index >= 15 is 0 Å². The smallest absolute Gasteiger partial charge is 0.254 e. The van der Waals surface area contributed by atoms with Crippen LogP contribution in [0.5, 0.6) is 5.75 Å². The van der Waals surface area contributed by atoms with Gasteiger partial charge in [-0.25, -0.2) is 0 Å². The number of nitrogens with zero attached hydrogens (tertiary/aromatic N) is 2. The lowest BCUT2D eigenvalue weighted by Crippen LogP contribution is -2.47. The predicted octanol–water partition coefficient (Wildman–Crippen LogP) is 2.12. The van der Waals surface area contributed by atoms with Crippen molar-refractivity contribution in [2.24, 2.45) is 0 Å². The van der Waals surface area contributed by atoms with Crippen LogP contribution in [0, 0.1) is 0 Å². The van der Waals surface area contributed by atoms with E-state index in [2.05, 4.69) is 10.6 Å². The number of hydrogen-bond donors (Lipinski definition) is 2. The average Bonchev–Trinajstić information content (AvgIpc) is 2.82. The second-order valence-corrected chi connectivity index (χ2v) is 7.72. The molecule has 0 radical (unpaired) electrons. The lowest BCUT2D eigenvalue weighted by molar-refractivity contribution is -0.132. The monoisotopic (exact) mass is 438 g/mol. The summed E-state index contributed by atoms with van der Waals surface area (Å²) in [7, 11) is 1.60. The topological polar surface area (TPSA) is 91.0 Å². The van der Waals surface area contributed by atoms with Gasteiger partial charge < -0.3 is 25.2 Å². The molecule has 170 valence electrons. The molecule has 0 spiro atoms. The molecule has 8 nitrogen and oxygen atoms in total. The molecule has 1 aliphatic rings. The fraction of sp³-hybridized carbons (Fsp3) is 0.375. The molecule has 3 amide bonds. The molecule has 0 bridgehead atoms. The SMILES string of the molecule is COc1cccc(CN(CCC(=O)N2CCNCC2)C(=O)c2ccc(NC(C)=O)cc2)c1. The number of anilines is 1. The number of hydrogen-bond acceptors (Lipinski definition) is 5. The highest BCUT2D eigenvalue weighted by Crippen LogP contribution is 2.18. The zero-order valence-electron chi connectivity index (χ0n) is 18.6. The van der Waals surface area contributed by atoms with Crippen molar-refractivity contribution in [3.8, 4) is 5.75 Å². The maximum atomic E-state index is 13.3. The number of benzene rings is 2. The molecule has 1 saturated heterocycles. The largest absolute Gasteiger partial charge is 0.497 e. The number of amides is 3. The molecule has 3 rings (SSSR count). The summed E-state index contributed by atoms with van der Waals surface area (Å²) >= 11 is 0. The van der Waals surface area contributed by atoms with Crippen molar-refractivity contribution in [3.05, 3.63) is 59.7 Å². The number of methoxy groups -OCH3 is 1. The Morgan fingerprint density at radius 3 is 2.47 bits per heavy atom. The predicted molar refractivity (Wildman–Crippen MR) is 123 cm³/mol. The fourth-order valence-electron chi connectivity index (χ4n) is 3.63. The highest BCUT2D eigenvalue weighted by molar-refractivity contribution is 5.95. The zero-order valence-corrected chi connectivity index (χ0v) is 18.6. The van der Waals surface area contributed by atoms with E-state index in [1.54, 1.807) is 36.3 Å². The van der Waals surface area contributed by atoms with Crippen LogP contribution in [-0.4, -0.2) is 67.4 Å². The van der Waals surface area contributed by atoms with Crippen LogP contribution in [0.25, 0.3) is 0 Å². The number of rotatable bonds is 8. The Morgan fingerprint density at radius 2 is 1.81 bits per heavy atom. The van der Waals surface area contributed by atoms with Gasteiger partial charge in [0.05, 0.1) is 7.11 Å². The van der Waals surface area contributed by atoms with Crippen LogP contribution in [0.2, 0.25) is 0 Å². The molecule has 0 aromatic heterocycles. The van der Waals surface area contributed by atoms with E-state index < -0.39 is 0 Å². The lowest BCUT2D eigenvalue weighted by Gasteiger charge is -2.29. The molecule has 1 aliphatic heterocycles. The first kappa shape index (κ1) is 23.3. The lowest BCUT2D eigenvalue weighted by atomic mass is 10.1. The van der Waals surface area contributed by atoms with Gasteiger partial charge in [-0.05, 0) is 42.0 Å². The third kappa shape index (κ3) is 6.55. The minimum absolute atomic E-state index is 0.0518. The quantitative estimate of drug-likeness (QED) is 0.659. The molecular formula is C24H30N4O4. The van der Waals surface area contributed by atoms with Crippen molar-refractivity contribution in [2.75, 3.05) is 45.2 Å². The minimum Gasteiger partial charge on any atom is -0.497 e. The molecule has 1 heterocycles. The summed E-state index contributed by atoms with van der Waals surface area (Å²) in [4.78, 5) is 40.7. The molecule has 0 saturated carbocycles. The molecule has 2 aromatic carbocycles. The average molecular weight is 439 g/mol. The van der Waals surface area contributed by atoms with E-state index in [1.807, 2.05) is 29.2 Å². The van der Waals surface area contributed by atoms with Gasteiger partial charge in [-0.1, -0.05) is 12.1 Å². The summed E-state index contributed by atoms with van der Waals surface area (Å²) in [6.45, 7) is 5.06. The van der Waals surface area contributed by atoms with E-state index in [0.29, 0.717) is 43.2 Å². The van der Waals surface area contributed by atoms with Gasteiger partial charge in [-0.2, -0.15) is 0 Å². The van der Waals surface area contributed by atoms with Crippen molar-refractivity contribution in [1.29, 1.82) is 0 Å². The summed E-state index contributed by atoms with van der Waals surface area (Å²) < 4.78 is 5.30. The van der Waals surface area contributed by atoms with Crippen molar-refractivity contribution in [1.82, 2.24) is 15.1 Å². The third-order valence-electron chi connectivity index (χ3n) is 5.31. The van der Waals surface area contributed by atoms with E-state index in [-0.39, 0.29) is 24.1 Å². The van der Waals surface area contributed by atoms with Crippen LogP contribution in [-0.2, 0) is 16.1 Å². The Balaban J connectivity index is 1.74. The number of carbonyl (C=O) groups excluding carboxylic acids is 3. The number of nitrogens with one attached hydrogen (secondary N) is 2. The Bertz CT molecular complexity index is 939. The van der Waals surface area contributed by atoms with Crippen LogP contribution in [0.15, 0.2) is 48.5 Å². The molecule has 0 unspecified atom stereocenters. The standard InChI is InChI=1S/C24H30N4O4/c1-18(29)26-21-8-6-20(7-9-21)24(31)28(17-19-4-3-5-22(16-19)32-2)13-10-23(30)27-14-11-25-12-15-27/h3-9,16,25H,10-15,17H2,1-2H3,(H,26,29). The molecule has 8 heteroatoms. The maximum absolute atomic E-state index is 13.3. The molecule has 2 N–H and O–H groups in total. The second kappa shape index (κ2) is 11.3. The summed E-state index contributed by atoms with van der Waals surface area (Å²) in [5, 5.41) is 5.93. The van der Waals surface area contributed by atoms with E-state index in [9.17, 15) is 14.4 Å². The van der Waals surface area contributed by atoms with E-state index in [0.717, 1.165) is 18.7 Å². The van der Waals surface area contributed by atoms with E-state index in [4.69, 9.17) is 4.74 Å². The van der Waals surface area contributed by atoms with Gasteiger partial charge in [-0.3, -0.25) is 14.4 Å². The first-order valence-corrected chi connectivity index (χ1v) is 10.7. The molecule has 0 aliphatic carbocycles. The number of piperazine rings is 1. The molecule has 2 aromatic rings. The maximum Gasteiger partial charge on any atom is 0.254 e. The highest BCUT2D eigenvalue weighted by atomic mass is 16.5. The van der Waals surface area contributed by atoms with Gasteiger partial charge in [0.15, 0.2) is 0 Å². The summed E-state index contributed by atoms with van der Waals surface area (Å²) in [6, 6.07) is 14.3. The Labute approximate surface area is 188 Å².